The van der Waals surface area contributed by atoms with E-state index in [2.05, 4.69) is 0 Å². The fraction of sp³-hybridized carbons (Fsp3) is 0.300. The molecule has 1 aromatic rings. The van der Waals surface area contributed by atoms with E-state index in [4.69, 9.17) is 20.3 Å². The number of nitrogens with two attached hydrogens (primary N) is 1. The van der Waals surface area contributed by atoms with Crippen molar-refractivity contribution < 1.29 is 19.4 Å². The van der Waals surface area contributed by atoms with Crippen LogP contribution < -0.4 is 15.2 Å². The molecule has 15 heavy (non-hydrogen) atoms. The van der Waals surface area contributed by atoms with Gasteiger partial charge in [0.15, 0.2) is 11.5 Å². The maximum atomic E-state index is 10.6. The van der Waals surface area contributed by atoms with Crippen molar-refractivity contribution in [3.63, 3.8) is 0 Å². The van der Waals surface area contributed by atoms with Crippen LogP contribution in [0.5, 0.6) is 11.5 Å². The first-order valence-electron chi connectivity index (χ1n) is 4.54. The molecule has 0 spiro atoms. The summed E-state index contributed by atoms with van der Waals surface area (Å²) in [5.41, 5.74) is 6.25. The quantitative estimate of drug-likeness (QED) is 0.751. The number of hydrogen-bond donors (Lipinski definition) is 2. The molecule has 0 aliphatic carbocycles. The van der Waals surface area contributed by atoms with Crippen LogP contribution in [-0.2, 0) is 11.2 Å². The fourth-order valence-corrected chi connectivity index (χ4v) is 1.41. The van der Waals surface area contributed by atoms with E-state index < -0.39 is 12.0 Å². The minimum absolute atomic E-state index is 0.212. The van der Waals surface area contributed by atoms with Gasteiger partial charge in [0.25, 0.3) is 0 Å². The lowest BCUT2D eigenvalue weighted by Crippen LogP contribution is -2.32. The molecule has 3 N–H and O–H groups in total. The van der Waals surface area contributed by atoms with Gasteiger partial charge in [0.1, 0.15) is 6.04 Å². The standard InChI is InChI=1S/C10H11NO4/c11-7(10(12)13)3-6-1-2-8-9(4-6)15-5-14-8/h1-2,4,7H,3,5,11H2,(H,12,13). The van der Waals surface area contributed by atoms with Crippen molar-refractivity contribution >= 4 is 5.97 Å². The Balaban J connectivity index is 2.13. The van der Waals surface area contributed by atoms with Crippen LogP contribution in [0.2, 0.25) is 0 Å². The molecule has 1 atom stereocenters. The zero-order valence-electron chi connectivity index (χ0n) is 7.97. The first kappa shape index (κ1) is 9.79. The molecule has 0 bridgehead atoms. The van der Waals surface area contributed by atoms with E-state index >= 15 is 0 Å². The Morgan fingerprint density at radius 3 is 2.93 bits per heavy atom. The Kier molecular flexibility index (Phi) is 2.47. The van der Waals surface area contributed by atoms with Gasteiger partial charge in [-0.25, -0.2) is 0 Å². The Morgan fingerprint density at radius 2 is 2.20 bits per heavy atom. The number of hydrogen-bond acceptors (Lipinski definition) is 4. The summed E-state index contributed by atoms with van der Waals surface area (Å²) >= 11 is 0. The lowest BCUT2D eigenvalue weighted by molar-refractivity contribution is -0.138. The molecule has 1 aliphatic heterocycles. The van der Waals surface area contributed by atoms with Crippen LogP contribution >= 0.6 is 0 Å². The van der Waals surface area contributed by atoms with Crippen LogP contribution in [0, 0.1) is 0 Å². The topological polar surface area (TPSA) is 81.8 Å². The van der Waals surface area contributed by atoms with Crippen molar-refractivity contribution in [2.24, 2.45) is 5.73 Å². The summed E-state index contributed by atoms with van der Waals surface area (Å²) in [5, 5.41) is 8.66. The molecule has 2 rings (SSSR count). The van der Waals surface area contributed by atoms with Crippen LogP contribution in [0.3, 0.4) is 0 Å². The number of ether oxygens (including phenoxy) is 2. The molecule has 1 aromatic carbocycles. The molecule has 0 saturated carbocycles. The highest BCUT2D eigenvalue weighted by atomic mass is 16.7. The third-order valence-corrected chi connectivity index (χ3v) is 2.21. The number of benzene rings is 1. The molecule has 0 amide bonds. The molecule has 1 unspecified atom stereocenters. The highest BCUT2D eigenvalue weighted by Gasteiger charge is 2.16. The molecular weight excluding hydrogens is 198 g/mol. The van der Waals surface area contributed by atoms with E-state index in [1.165, 1.54) is 0 Å². The van der Waals surface area contributed by atoms with Crippen LogP contribution in [0.25, 0.3) is 0 Å². The van der Waals surface area contributed by atoms with E-state index in [-0.39, 0.29) is 13.2 Å². The summed E-state index contributed by atoms with van der Waals surface area (Å²) < 4.78 is 10.3. The first-order chi connectivity index (χ1) is 7.16. The van der Waals surface area contributed by atoms with Gasteiger partial charge in [-0.1, -0.05) is 6.07 Å². The number of aliphatic carboxylic acids is 1. The maximum Gasteiger partial charge on any atom is 0.320 e. The van der Waals surface area contributed by atoms with Gasteiger partial charge in [-0.05, 0) is 24.1 Å². The average molecular weight is 209 g/mol. The van der Waals surface area contributed by atoms with Gasteiger partial charge < -0.3 is 20.3 Å². The number of carboxylic acids is 1. The molecule has 5 nitrogen and oxygen atoms in total. The molecule has 1 heterocycles. The van der Waals surface area contributed by atoms with E-state index in [9.17, 15) is 4.79 Å². The lowest BCUT2D eigenvalue weighted by atomic mass is 10.1. The van der Waals surface area contributed by atoms with Gasteiger partial charge >= 0.3 is 5.97 Å². The van der Waals surface area contributed by atoms with Gasteiger partial charge in [-0.15, -0.1) is 0 Å². The minimum Gasteiger partial charge on any atom is -0.480 e. The third-order valence-electron chi connectivity index (χ3n) is 2.21. The Hall–Kier alpha value is -1.75. The van der Waals surface area contributed by atoms with Crippen molar-refractivity contribution in [3.8, 4) is 11.5 Å². The summed E-state index contributed by atoms with van der Waals surface area (Å²) in [4.78, 5) is 10.6. The number of carbonyl (C=O) groups is 1. The summed E-state index contributed by atoms with van der Waals surface area (Å²) in [7, 11) is 0. The van der Waals surface area contributed by atoms with Crippen molar-refractivity contribution in [2.75, 3.05) is 6.79 Å². The van der Waals surface area contributed by atoms with Gasteiger partial charge in [0.2, 0.25) is 6.79 Å². The zero-order chi connectivity index (χ0) is 10.8. The molecule has 5 heteroatoms. The second kappa shape index (κ2) is 3.78. The summed E-state index contributed by atoms with van der Waals surface area (Å²) in [6.45, 7) is 0.212. The van der Waals surface area contributed by atoms with Crippen molar-refractivity contribution in [2.45, 2.75) is 12.5 Å². The van der Waals surface area contributed by atoms with Gasteiger partial charge in [-0.2, -0.15) is 0 Å². The highest BCUT2D eigenvalue weighted by Crippen LogP contribution is 2.32. The molecular formula is C10H11NO4. The number of fused-ring (bicyclic) bond motifs is 1. The average Bonchev–Trinajstić information content (AvgIpc) is 2.64. The summed E-state index contributed by atoms with van der Waals surface area (Å²) in [6, 6.07) is 4.42. The molecule has 0 fully saturated rings. The molecule has 0 aromatic heterocycles. The van der Waals surface area contributed by atoms with Crippen molar-refractivity contribution in [1.29, 1.82) is 0 Å². The fourth-order valence-electron chi connectivity index (χ4n) is 1.41. The SMILES string of the molecule is NC(Cc1ccc2c(c1)OCO2)C(=O)O. The van der Waals surface area contributed by atoms with Crippen molar-refractivity contribution in [3.05, 3.63) is 23.8 Å². The van der Waals surface area contributed by atoms with Crippen LogP contribution in [0.4, 0.5) is 0 Å². The lowest BCUT2D eigenvalue weighted by Gasteiger charge is -2.06. The maximum absolute atomic E-state index is 10.6. The van der Waals surface area contributed by atoms with Crippen molar-refractivity contribution in [1.82, 2.24) is 0 Å². The molecule has 0 radical (unpaired) electrons. The minimum atomic E-state index is -1.01. The highest BCUT2D eigenvalue weighted by molar-refractivity contribution is 5.73. The smallest absolute Gasteiger partial charge is 0.320 e. The largest absolute Gasteiger partial charge is 0.480 e. The Labute approximate surface area is 86.4 Å². The second-order valence-electron chi connectivity index (χ2n) is 3.34. The van der Waals surface area contributed by atoms with Crippen LogP contribution in [-0.4, -0.2) is 23.9 Å². The number of carboxylic acid groups (broad SMARTS) is 1. The number of rotatable bonds is 3. The zero-order valence-corrected chi connectivity index (χ0v) is 7.97. The van der Waals surface area contributed by atoms with Gasteiger partial charge in [0.05, 0.1) is 0 Å². The Bertz CT molecular complexity index is 391. The van der Waals surface area contributed by atoms with Crippen LogP contribution in [0.1, 0.15) is 5.56 Å². The molecule has 1 aliphatic rings. The van der Waals surface area contributed by atoms with E-state index in [0.717, 1.165) is 5.56 Å². The normalized spacial score (nSPS) is 15.0. The summed E-state index contributed by atoms with van der Waals surface area (Å²) in [5.74, 6) is 0.320. The van der Waals surface area contributed by atoms with E-state index in [1.54, 1.807) is 18.2 Å². The Morgan fingerprint density at radius 1 is 1.47 bits per heavy atom. The third kappa shape index (κ3) is 2.02. The summed E-state index contributed by atoms with van der Waals surface area (Å²) in [6.07, 6.45) is 0.284. The predicted octanol–water partition coefficient (Wildman–Crippen LogP) is 0.370. The van der Waals surface area contributed by atoms with Gasteiger partial charge in [-0.3, -0.25) is 4.79 Å². The van der Waals surface area contributed by atoms with Gasteiger partial charge in [0, 0.05) is 0 Å². The molecule has 0 saturated heterocycles. The first-order valence-corrected chi connectivity index (χ1v) is 4.54. The second-order valence-corrected chi connectivity index (χ2v) is 3.34. The molecule has 80 valence electrons. The van der Waals surface area contributed by atoms with E-state index in [1.807, 2.05) is 0 Å². The predicted molar refractivity (Wildman–Crippen MR) is 51.9 cm³/mol. The van der Waals surface area contributed by atoms with Crippen LogP contribution in [0.15, 0.2) is 18.2 Å². The van der Waals surface area contributed by atoms with E-state index in [0.29, 0.717) is 11.5 Å². The monoisotopic (exact) mass is 209 g/mol.